The molecule has 0 spiro atoms. The molecule has 0 fully saturated rings. The van der Waals surface area contributed by atoms with Gasteiger partial charge in [-0.2, -0.15) is 0 Å². The molecule has 0 N–H and O–H groups in total. The Balaban J connectivity index is 0.00000112. The van der Waals surface area contributed by atoms with E-state index in [4.69, 9.17) is 0 Å². The van der Waals surface area contributed by atoms with Crippen LogP contribution in [0.2, 0.25) is 0 Å². The minimum Gasteiger partial charge on any atom is -0.147 e. The standard InChI is InChI=1S/C13H13P.ClH/c1-11-7-9-13(10-8-11)14-12-5-3-2-4-6-12;/h2-10,14H,1H3;1H. The highest BCUT2D eigenvalue weighted by molar-refractivity contribution is 7.55. The van der Waals surface area contributed by atoms with Gasteiger partial charge in [-0.15, -0.1) is 12.4 Å². The fraction of sp³-hybridized carbons (Fsp3) is 0.0769. The predicted molar refractivity (Wildman–Crippen MR) is 72.5 cm³/mol. The zero-order valence-electron chi connectivity index (χ0n) is 8.60. The molecule has 0 amide bonds. The Morgan fingerprint density at radius 3 is 1.87 bits per heavy atom. The minimum atomic E-state index is 0. The predicted octanol–water partition coefficient (Wildman–Crippen LogP) is 3.05. The molecule has 0 saturated carbocycles. The molecule has 1 unspecified atom stereocenters. The van der Waals surface area contributed by atoms with E-state index in [2.05, 4.69) is 61.5 Å². The first-order valence-electron chi connectivity index (χ1n) is 4.73. The number of halogens is 1. The fourth-order valence-corrected chi connectivity index (χ4v) is 2.35. The lowest BCUT2D eigenvalue weighted by Crippen LogP contribution is -2.01. The van der Waals surface area contributed by atoms with E-state index in [0.717, 1.165) is 8.58 Å². The molecule has 0 bridgehead atoms. The first kappa shape index (κ1) is 12.2. The second kappa shape index (κ2) is 5.90. The first-order valence-corrected chi connectivity index (χ1v) is 5.73. The Morgan fingerprint density at radius 1 is 0.733 bits per heavy atom. The van der Waals surface area contributed by atoms with Gasteiger partial charge in [0, 0.05) is 0 Å². The smallest absolute Gasteiger partial charge is 0.0226 e. The fourth-order valence-electron chi connectivity index (χ4n) is 1.33. The topological polar surface area (TPSA) is 0 Å². The molecule has 2 aromatic carbocycles. The summed E-state index contributed by atoms with van der Waals surface area (Å²) in [5.74, 6) is 0. The molecular weight excluding hydrogens is 223 g/mol. The van der Waals surface area contributed by atoms with Crippen molar-refractivity contribution >= 4 is 31.6 Å². The third-order valence-corrected chi connectivity index (χ3v) is 3.36. The number of hydrogen-bond acceptors (Lipinski definition) is 0. The molecule has 2 aromatic rings. The Labute approximate surface area is 98.9 Å². The number of hydrogen-bond donors (Lipinski definition) is 0. The summed E-state index contributed by atoms with van der Waals surface area (Å²) in [7, 11) is 0.773. The summed E-state index contributed by atoms with van der Waals surface area (Å²) in [5, 5.41) is 2.80. The molecule has 0 heterocycles. The molecule has 0 radical (unpaired) electrons. The van der Waals surface area contributed by atoms with Gasteiger partial charge in [0.25, 0.3) is 0 Å². The van der Waals surface area contributed by atoms with E-state index < -0.39 is 0 Å². The van der Waals surface area contributed by atoms with E-state index in [9.17, 15) is 0 Å². The molecule has 0 aliphatic heterocycles. The molecule has 2 rings (SSSR count). The summed E-state index contributed by atoms with van der Waals surface area (Å²) >= 11 is 0. The molecule has 0 nitrogen and oxygen atoms in total. The zero-order chi connectivity index (χ0) is 9.80. The number of benzene rings is 2. The Hall–Kier alpha value is -0.840. The van der Waals surface area contributed by atoms with Crippen molar-refractivity contribution in [2.75, 3.05) is 0 Å². The lowest BCUT2D eigenvalue weighted by molar-refractivity contribution is 1.49. The van der Waals surface area contributed by atoms with Crippen LogP contribution in [0.4, 0.5) is 0 Å². The molecule has 1 atom stereocenters. The quantitative estimate of drug-likeness (QED) is 0.703. The van der Waals surface area contributed by atoms with Crippen LogP contribution >= 0.6 is 21.0 Å². The first-order chi connectivity index (χ1) is 6.84. The van der Waals surface area contributed by atoms with Crippen molar-refractivity contribution in [3.63, 3.8) is 0 Å². The van der Waals surface area contributed by atoms with Gasteiger partial charge >= 0.3 is 0 Å². The maximum atomic E-state index is 2.21. The van der Waals surface area contributed by atoms with Crippen LogP contribution in [-0.4, -0.2) is 0 Å². The maximum Gasteiger partial charge on any atom is -0.0226 e. The Kier molecular flexibility index (Phi) is 4.81. The van der Waals surface area contributed by atoms with Crippen LogP contribution in [0.5, 0.6) is 0 Å². The van der Waals surface area contributed by atoms with E-state index in [-0.39, 0.29) is 12.4 Å². The molecule has 0 aliphatic carbocycles. The van der Waals surface area contributed by atoms with Gasteiger partial charge in [0.1, 0.15) is 0 Å². The van der Waals surface area contributed by atoms with E-state index in [1.165, 1.54) is 16.2 Å². The molecule has 78 valence electrons. The van der Waals surface area contributed by atoms with Crippen molar-refractivity contribution < 1.29 is 0 Å². The Morgan fingerprint density at radius 2 is 1.27 bits per heavy atom. The second-order valence-electron chi connectivity index (χ2n) is 3.36. The molecule has 2 heteroatoms. The van der Waals surface area contributed by atoms with E-state index in [1.807, 2.05) is 0 Å². The molecular formula is C13H14ClP. The van der Waals surface area contributed by atoms with Gasteiger partial charge in [0.15, 0.2) is 0 Å². The summed E-state index contributed by atoms with van der Waals surface area (Å²) < 4.78 is 0. The number of aryl methyl sites for hydroxylation is 1. The molecule has 0 aromatic heterocycles. The summed E-state index contributed by atoms with van der Waals surface area (Å²) in [6, 6.07) is 19.4. The van der Waals surface area contributed by atoms with Crippen molar-refractivity contribution in [1.82, 2.24) is 0 Å². The van der Waals surface area contributed by atoms with Gasteiger partial charge in [-0.25, -0.2) is 0 Å². The van der Waals surface area contributed by atoms with Gasteiger partial charge in [0.2, 0.25) is 0 Å². The van der Waals surface area contributed by atoms with Crippen LogP contribution in [0.15, 0.2) is 54.6 Å². The second-order valence-corrected chi connectivity index (χ2v) is 4.76. The van der Waals surface area contributed by atoms with E-state index in [1.54, 1.807) is 0 Å². The zero-order valence-corrected chi connectivity index (χ0v) is 10.4. The highest BCUT2D eigenvalue weighted by atomic mass is 35.5. The van der Waals surface area contributed by atoms with Gasteiger partial charge < -0.3 is 0 Å². The summed E-state index contributed by atoms with van der Waals surface area (Å²) in [6.07, 6.45) is 0. The van der Waals surface area contributed by atoms with Gasteiger partial charge in [-0.3, -0.25) is 0 Å². The average Bonchev–Trinajstić information content (AvgIpc) is 2.23. The number of rotatable bonds is 2. The average molecular weight is 237 g/mol. The normalized spacial score (nSPS) is 10.2. The highest BCUT2D eigenvalue weighted by Crippen LogP contribution is 2.10. The van der Waals surface area contributed by atoms with Crippen molar-refractivity contribution in [2.45, 2.75) is 6.92 Å². The largest absolute Gasteiger partial charge is 0.147 e. The van der Waals surface area contributed by atoms with Crippen molar-refractivity contribution in [3.8, 4) is 0 Å². The van der Waals surface area contributed by atoms with Gasteiger partial charge in [0.05, 0.1) is 0 Å². The van der Waals surface area contributed by atoms with Crippen LogP contribution in [0.25, 0.3) is 0 Å². The lowest BCUT2D eigenvalue weighted by atomic mass is 10.2. The van der Waals surface area contributed by atoms with Crippen molar-refractivity contribution in [1.29, 1.82) is 0 Å². The van der Waals surface area contributed by atoms with E-state index >= 15 is 0 Å². The Bertz CT molecular complexity index is 395. The van der Waals surface area contributed by atoms with Crippen LogP contribution in [0, 0.1) is 6.92 Å². The highest BCUT2D eigenvalue weighted by Gasteiger charge is 1.94. The van der Waals surface area contributed by atoms with Crippen LogP contribution in [0.1, 0.15) is 5.56 Å². The summed E-state index contributed by atoms with van der Waals surface area (Å²) in [4.78, 5) is 0. The van der Waals surface area contributed by atoms with Gasteiger partial charge in [-0.05, 0) is 17.5 Å². The third-order valence-electron chi connectivity index (χ3n) is 2.11. The van der Waals surface area contributed by atoms with Crippen LogP contribution in [-0.2, 0) is 0 Å². The molecule has 15 heavy (non-hydrogen) atoms. The maximum absolute atomic E-state index is 2.21. The van der Waals surface area contributed by atoms with Crippen LogP contribution < -0.4 is 10.6 Å². The third kappa shape index (κ3) is 3.66. The monoisotopic (exact) mass is 236 g/mol. The van der Waals surface area contributed by atoms with Gasteiger partial charge in [-0.1, -0.05) is 68.7 Å². The molecule has 0 aliphatic rings. The summed E-state index contributed by atoms with van der Waals surface area (Å²) in [6.45, 7) is 2.12. The lowest BCUT2D eigenvalue weighted by Gasteiger charge is -2.01. The van der Waals surface area contributed by atoms with Crippen molar-refractivity contribution in [3.05, 3.63) is 60.2 Å². The summed E-state index contributed by atoms with van der Waals surface area (Å²) in [5.41, 5.74) is 1.33. The SMILES string of the molecule is Cc1ccc(Pc2ccccc2)cc1.Cl. The molecule has 0 saturated heterocycles. The van der Waals surface area contributed by atoms with Crippen LogP contribution in [0.3, 0.4) is 0 Å². The minimum absolute atomic E-state index is 0. The van der Waals surface area contributed by atoms with E-state index in [0.29, 0.717) is 0 Å². The van der Waals surface area contributed by atoms with Crippen molar-refractivity contribution in [2.24, 2.45) is 0 Å².